The third kappa shape index (κ3) is 5.63. The Bertz CT molecular complexity index is 409. The second kappa shape index (κ2) is 8.19. The molecular weight excluding hydrogens is 289 g/mol. The second-order valence-electron chi connectivity index (χ2n) is 3.91. The van der Waals surface area contributed by atoms with Crippen LogP contribution in [0.5, 0.6) is 0 Å². The van der Waals surface area contributed by atoms with Crippen LogP contribution >= 0.6 is 23.2 Å². The molecule has 2 amide bonds. The van der Waals surface area contributed by atoms with Crippen LogP contribution in [0.1, 0.15) is 13.3 Å². The fraction of sp³-hybridized carbons (Fsp3) is 0.500. The summed E-state index contributed by atoms with van der Waals surface area (Å²) < 4.78 is 4.98. The van der Waals surface area contributed by atoms with Crippen LogP contribution in [0.3, 0.4) is 0 Å². The van der Waals surface area contributed by atoms with Crippen molar-refractivity contribution in [2.45, 2.75) is 13.3 Å². The third-order valence-corrected chi connectivity index (χ3v) is 2.75. The minimum absolute atomic E-state index is 0.211. The largest absolute Gasteiger partial charge is 0.383 e. The first-order valence-electron chi connectivity index (χ1n) is 5.94. The van der Waals surface area contributed by atoms with Crippen molar-refractivity contribution >= 4 is 34.9 Å². The van der Waals surface area contributed by atoms with Gasteiger partial charge in [-0.2, -0.15) is 0 Å². The number of nitrogens with zero attached hydrogens (tertiary/aromatic N) is 2. The molecule has 1 heterocycles. The quantitative estimate of drug-likeness (QED) is 0.821. The van der Waals surface area contributed by atoms with E-state index in [1.54, 1.807) is 24.1 Å². The van der Waals surface area contributed by atoms with Crippen LogP contribution in [0.25, 0.3) is 0 Å². The number of methoxy groups -OCH3 is 1. The number of anilines is 1. The average molecular weight is 306 g/mol. The Kier molecular flexibility index (Phi) is 6.91. The molecular formula is C12H17Cl2N3O2. The number of ether oxygens (including phenoxy) is 1. The Balaban J connectivity index is 2.69. The number of aromatic nitrogens is 1. The van der Waals surface area contributed by atoms with E-state index in [1.807, 2.05) is 6.92 Å². The third-order valence-electron chi connectivity index (χ3n) is 2.36. The Morgan fingerprint density at radius 1 is 1.37 bits per heavy atom. The first-order valence-corrected chi connectivity index (χ1v) is 6.70. The minimum atomic E-state index is -0.211. The fourth-order valence-electron chi connectivity index (χ4n) is 1.53. The van der Waals surface area contributed by atoms with Crippen molar-refractivity contribution in [2.24, 2.45) is 0 Å². The van der Waals surface area contributed by atoms with E-state index >= 15 is 0 Å². The molecule has 5 nitrogen and oxygen atoms in total. The lowest BCUT2D eigenvalue weighted by Crippen LogP contribution is -2.37. The molecule has 0 aliphatic rings. The molecule has 0 aliphatic carbocycles. The molecule has 19 heavy (non-hydrogen) atoms. The zero-order valence-electron chi connectivity index (χ0n) is 10.9. The molecule has 0 aromatic carbocycles. The summed E-state index contributed by atoms with van der Waals surface area (Å²) in [4.78, 5) is 17.6. The number of pyridine rings is 1. The predicted octanol–water partition coefficient (Wildman–Crippen LogP) is 3.28. The molecule has 1 rings (SSSR count). The summed E-state index contributed by atoms with van der Waals surface area (Å²) in [5.41, 5.74) is 0.522. The van der Waals surface area contributed by atoms with Crippen molar-refractivity contribution < 1.29 is 9.53 Å². The van der Waals surface area contributed by atoms with E-state index in [0.29, 0.717) is 25.4 Å². The van der Waals surface area contributed by atoms with Crippen LogP contribution in [0.2, 0.25) is 10.3 Å². The van der Waals surface area contributed by atoms with Gasteiger partial charge in [0.25, 0.3) is 0 Å². The number of hydrogen-bond acceptors (Lipinski definition) is 3. The Morgan fingerprint density at radius 3 is 2.53 bits per heavy atom. The first kappa shape index (κ1) is 16.0. The van der Waals surface area contributed by atoms with Gasteiger partial charge in [0.15, 0.2) is 0 Å². The highest BCUT2D eigenvalue weighted by molar-refractivity contribution is 6.32. The molecule has 0 unspecified atom stereocenters. The molecule has 1 aromatic rings. The summed E-state index contributed by atoms with van der Waals surface area (Å²) >= 11 is 11.6. The highest BCUT2D eigenvalue weighted by atomic mass is 35.5. The summed E-state index contributed by atoms with van der Waals surface area (Å²) in [6.07, 6.45) is 0.870. The average Bonchev–Trinajstić information content (AvgIpc) is 2.33. The molecule has 106 valence electrons. The number of hydrogen-bond donors (Lipinski definition) is 1. The van der Waals surface area contributed by atoms with Crippen LogP contribution < -0.4 is 5.32 Å². The molecule has 0 radical (unpaired) electrons. The van der Waals surface area contributed by atoms with Gasteiger partial charge in [-0.15, -0.1) is 0 Å². The predicted molar refractivity (Wildman–Crippen MR) is 77.0 cm³/mol. The van der Waals surface area contributed by atoms with Gasteiger partial charge in [-0.25, -0.2) is 9.78 Å². The van der Waals surface area contributed by atoms with Gasteiger partial charge >= 0.3 is 6.03 Å². The Labute approximate surface area is 122 Å². The molecule has 0 saturated heterocycles. The van der Waals surface area contributed by atoms with Crippen LogP contribution in [0, 0.1) is 0 Å². The van der Waals surface area contributed by atoms with Gasteiger partial charge in [-0.1, -0.05) is 30.1 Å². The summed E-state index contributed by atoms with van der Waals surface area (Å²) in [5, 5.41) is 3.22. The number of carbonyl (C=O) groups excluding carboxylic acids is 1. The molecule has 0 bridgehead atoms. The standard InChI is InChI=1S/C12H17Cl2N3O2/c1-3-4-17(5-6-19-2)12(18)15-9-7-10(13)16-11(14)8-9/h7-8H,3-6H2,1-2H3,(H,15,16,18). The zero-order valence-corrected chi connectivity index (χ0v) is 12.5. The van der Waals surface area contributed by atoms with Gasteiger partial charge in [0, 0.05) is 25.9 Å². The van der Waals surface area contributed by atoms with E-state index in [4.69, 9.17) is 27.9 Å². The number of carbonyl (C=O) groups is 1. The lowest BCUT2D eigenvalue weighted by Gasteiger charge is -2.22. The topological polar surface area (TPSA) is 54.5 Å². The SMILES string of the molecule is CCCN(CCOC)C(=O)Nc1cc(Cl)nc(Cl)c1. The van der Waals surface area contributed by atoms with Crippen molar-refractivity contribution in [1.82, 2.24) is 9.88 Å². The lowest BCUT2D eigenvalue weighted by atomic mass is 10.4. The number of amides is 2. The van der Waals surface area contributed by atoms with Crippen LogP contribution in [0.15, 0.2) is 12.1 Å². The molecule has 1 aromatic heterocycles. The van der Waals surface area contributed by atoms with Gasteiger partial charge in [-0.05, 0) is 18.6 Å². The number of rotatable bonds is 6. The van der Waals surface area contributed by atoms with Crippen molar-refractivity contribution in [3.05, 3.63) is 22.4 Å². The molecule has 0 aliphatic heterocycles. The Hall–Kier alpha value is -1.04. The van der Waals surface area contributed by atoms with Gasteiger partial charge in [0.05, 0.1) is 6.61 Å². The maximum absolute atomic E-state index is 12.1. The first-order chi connectivity index (χ1) is 9.06. The van der Waals surface area contributed by atoms with E-state index in [-0.39, 0.29) is 16.3 Å². The van der Waals surface area contributed by atoms with Crippen LogP contribution in [-0.2, 0) is 4.74 Å². The summed E-state index contributed by atoms with van der Waals surface area (Å²) in [5.74, 6) is 0. The Morgan fingerprint density at radius 2 is 2.00 bits per heavy atom. The monoisotopic (exact) mass is 305 g/mol. The van der Waals surface area contributed by atoms with Gasteiger partial charge < -0.3 is 15.0 Å². The van der Waals surface area contributed by atoms with Crippen molar-refractivity contribution in [3.8, 4) is 0 Å². The van der Waals surface area contributed by atoms with Gasteiger partial charge in [0.1, 0.15) is 10.3 Å². The van der Waals surface area contributed by atoms with E-state index in [0.717, 1.165) is 6.42 Å². The molecule has 0 fully saturated rings. The zero-order chi connectivity index (χ0) is 14.3. The maximum Gasteiger partial charge on any atom is 0.321 e. The summed E-state index contributed by atoms with van der Waals surface area (Å²) in [6.45, 7) is 3.68. The van der Waals surface area contributed by atoms with Crippen molar-refractivity contribution in [3.63, 3.8) is 0 Å². The second-order valence-corrected chi connectivity index (χ2v) is 4.69. The normalized spacial score (nSPS) is 10.3. The van der Waals surface area contributed by atoms with E-state index < -0.39 is 0 Å². The van der Waals surface area contributed by atoms with Crippen molar-refractivity contribution in [1.29, 1.82) is 0 Å². The van der Waals surface area contributed by atoms with Crippen LogP contribution in [0.4, 0.5) is 10.5 Å². The lowest BCUT2D eigenvalue weighted by molar-refractivity contribution is 0.155. The number of halogens is 2. The van der Waals surface area contributed by atoms with E-state index in [2.05, 4.69) is 10.3 Å². The van der Waals surface area contributed by atoms with Crippen molar-refractivity contribution in [2.75, 3.05) is 32.1 Å². The van der Waals surface area contributed by atoms with E-state index in [9.17, 15) is 4.79 Å². The number of nitrogens with one attached hydrogen (secondary N) is 1. The highest BCUT2D eigenvalue weighted by Crippen LogP contribution is 2.19. The van der Waals surface area contributed by atoms with Gasteiger partial charge in [-0.3, -0.25) is 0 Å². The van der Waals surface area contributed by atoms with E-state index in [1.165, 1.54) is 0 Å². The number of urea groups is 1. The molecule has 0 atom stereocenters. The molecule has 0 spiro atoms. The summed E-state index contributed by atoms with van der Waals surface area (Å²) in [6, 6.07) is 2.88. The smallest absolute Gasteiger partial charge is 0.321 e. The molecule has 1 N–H and O–H groups in total. The van der Waals surface area contributed by atoms with Crippen LogP contribution in [-0.4, -0.2) is 42.7 Å². The molecule has 0 saturated carbocycles. The maximum atomic E-state index is 12.1. The molecule has 7 heteroatoms. The minimum Gasteiger partial charge on any atom is -0.383 e. The fourth-order valence-corrected chi connectivity index (χ4v) is 1.99. The van der Waals surface area contributed by atoms with Gasteiger partial charge in [0.2, 0.25) is 0 Å². The highest BCUT2D eigenvalue weighted by Gasteiger charge is 2.13. The summed E-state index contributed by atoms with van der Waals surface area (Å²) in [7, 11) is 1.60.